The van der Waals surface area contributed by atoms with Gasteiger partial charge in [0.2, 0.25) is 0 Å². The molecule has 1 aliphatic rings. The molecule has 6 heteroatoms. The number of hydrogen-bond donors (Lipinski definition) is 3. The summed E-state index contributed by atoms with van der Waals surface area (Å²) in [7, 11) is 0. The maximum atomic E-state index is 10.7. The molecule has 0 aromatic rings. The van der Waals surface area contributed by atoms with Crippen molar-refractivity contribution in [2.24, 2.45) is 5.92 Å². The average molecular weight is 228 g/mol. The lowest BCUT2D eigenvalue weighted by Gasteiger charge is -2.27. The highest BCUT2D eigenvalue weighted by Crippen LogP contribution is 2.22. The molecule has 0 bridgehead atoms. The van der Waals surface area contributed by atoms with E-state index in [2.05, 4.69) is 6.58 Å². The van der Waals surface area contributed by atoms with E-state index in [1.807, 2.05) is 0 Å². The van der Waals surface area contributed by atoms with Crippen LogP contribution in [-0.2, 0) is 14.3 Å². The molecule has 0 amide bonds. The van der Waals surface area contributed by atoms with E-state index >= 15 is 0 Å². The molecule has 6 nitrogen and oxygen atoms in total. The van der Waals surface area contributed by atoms with Gasteiger partial charge in [0.05, 0.1) is 5.92 Å². The van der Waals surface area contributed by atoms with Gasteiger partial charge in [-0.25, -0.2) is 4.79 Å². The van der Waals surface area contributed by atoms with Crippen LogP contribution in [0.4, 0.5) is 0 Å². The van der Waals surface area contributed by atoms with Crippen LogP contribution in [0.2, 0.25) is 0 Å². The van der Waals surface area contributed by atoms with Crippen LogP contribution in [0.15, 0.2) is 24.5 Å². The van der Waals surface area contributed by atoms with Crippen LogP contribution in [0.3, 0.4) is 0 Å². The van der Waals surface area contributed by atoms with Crippen molar-refractivity contribution in [3.8, 4) is 0 Å². The monoisotopic (exact) mass is 228 g/mol. The Balaban J connectivity index is 2.67. The maximum absolute atomic E-state index is 10.7. The Morgan fingerprint density at radius 1 is 1.31 bits per heavy atom. The lowest BCUT2D eigenvalue weighted by Crippen LogP contribution is -2.35. The molecular weight excluding hydrogens is 216 g/mol. The Hall–Kier alpha value is -1.82. The van der Waals surface area contributed by atoms with Crippen LogP contribution in [0, 0.1) is 5.92 Å². The van der Waals surface area contributed by atoms with Crippen molar-refractivity contribution in [1.82, 2.24) is 0 Å². The fourth-order valence-corrected chi connectivity index (χ4v) is 1.37. The first kappa shape index (κ1) is 12.3. The van der Waals surface area contributed by atoms with Crippen molar-refractivity contribution < 1.29 is 29.6 Å². The van der Waals surface area contributed by atoms with E-state index in [1.165, 1.54) is 12.2 Å². The molecule has 3 atom stereocenters. The van der Waals surface area contributed by atoms with Gasteiger partial charge < -0.3 is 20.1 Å². The number of ether oxygens (including phenoxy) is 1. The SMILES string of the molecule is C=C(O[C@@H]1CC(C(=O)O)C=C[C@H]1O)C(=O)O. The van der Waals surface area contributed by atoms with Gasteiger partial charge in [-0.3, -0.25) is 4.79 Å². The fourth-order valence-electron chi connectivity index (χ4n) is 1.37. The fraction of sp³-hybridized carbons (Fsp3) is 0.400. The zero-order valence-electron chi connectivity index (χ0n) is 8.37. The van der Waals surface area contributed by atoms with E-state index < -0.39 is 35.8 Å². The highest BCUT2D eigenvalue weighted by atomic mass is 16.5. The summed E-state index contributed by atoms with van der Waals surface area (Å²) in [6.45, 7) is 3.15. The van der Waals surface area contributed by atoms with Gasteiger partial charge in [-0.2, -0.15) is 0 Å². The van der Waals surface area contributed by atoms with E-state index in [4.69, 9.17) is 14.9 Å². The summed E-state index contributed by atoms with van der Waals surface area (Å²) >= 11 is 0. The van der Waals surface area contributed by atoms with Crippen LogP contribution in [-0.4, -0.2) is 39.5 Å². The highest BCUT2D eigenvalue weighted by Gasteiger charge is 2.31. The molecule has 0 heterocycles. The summed E-state index contributed by atoms with van der Waals surface area (Å²) < 4.78 is 4.89. The Bertz CT molecular complexity index is 345. The molecule has 0 radical (unpaired) electrons. The molecule has 0 saturated carbocycles. The highest BCUT2D eigenvalue weighted by molar-refractivity contribution is 5.83. The van der Waals surface area contributed by atoms with Gasteiger partial charge in [-0.05, 0) is 6.58 Å². The van der Waals surface area contributed by atoms with Crippen molar-refractivity contribution in [2.45, 2.75) is 18.6 Å². The maximum Gasteiger partial charge on any atom is 0.370 e. The third-order valence-corrected chi connectivity index (χ3v) is 2.26. The lowest BCUT2D eigenvalue weighted by molar-refractivity contribution is -0.143. The summed E-state index contributed by atoms with van der Waals surface area (Å²) in [5.41, 5.74) is 0. The van der Waals surface area contributed by atoms with Crippen molar-refractivity contribution in [1.29, 1.82) is 0 Å². The van der Waals surface area contributed by atoms with Gasteiger partial charge in [0.15, 0.2) is 5.76 Å². The van der Waals surface area contributed by atoms with Gasteiger partial charge in [0.1, 0.15) is 12.2 Å². The first-order valence-electron chi connectivity index (χ1n) is 4.60. The molecule has 1 aliphatic carbocycles. The molecule has 0 spiro atoms. The van der Waals surface area contributed by atoms with E-state index in [0.29, 0.717) is 0 Å². The molecule has 1 rings (SSSR count). The molecule has 0 aromatic carbocycles. The van der Waals surface area contributed by atoms with E-state index in [1.54, 1.807) is 0 Å². The summed E-state index contributed by atoms with van der Waals surface area (Å²) in [5, 5.41) is 26.8. The van der Waals surface area contributed by atoms with Crippen LogP contribution >= 0.6 is 0 Å². The Kier molecular flexibility index (Phi) is 3.68. The van der Waals surface area contributed by atoms with Gasteiger partial charge >= 0.3 is 11.9 Å². The third kappa shape index (κ3) is 2.83. The van der Waals surface area contributed by atoms with Crippen LogP contribution < -0.4 is 0 Å². The number of carboxylic acid groups (broad SMARTS) is 2. The van der Waals surface area contributed by atoms with E-state index in [-0.39, 0.29) is 6.42 Å². The number of hydrogen-bond acceptors (Lipinski definition) is 4. The lowest BCUT2D eigenvalue weighted by atomic mass is 9.92. The van der Waals surface area contributed by atoms with E-state index in [9.17, 15) is 14.7 Å². The van der Waals surface area contributed by atoms with Gasteiger partial charge in [-0.1, -0.05) is 12.2 Å². The second-order valence-corrected chi connectivity index (χ2v) is 3.44. The zero-order valence-corrected chi connectivity index (χ0v) is 8.37. The van der Waals surface area contributed by atoms with Gasteiger partial charge in [0, 0.05) is 6.42 Å². The van der Waals surface area contributed by atoms with Gasteiger partial charge in [0.25, 0.3) is 0 Å². The second-order valence-electron chi connectivity index (χ2n) is 3.44. The Morgan fingerprint density at radius 2 is 1.94 bits per heavy atom. The zero-order chi connectivity index (χ0) is 12.3. The molecule has 3 N–H and O–H groups in total. The van der Waals surface area contributed by atoms with Crippen molar-refractivity contribution in [2.75, 3.05) is 0 Å². The molecule has 0 aromatic heterocycles. The predicted molar refractivity (Wildman–Crippen MR) is 52.5 cm³/mol. The molecule has 0 aliphatic heterocycles. The predicted octanol–water partition coefficient (Wildman–Crippen LogP) is -0.00850. The van der Waals surface area contributed by atoms with E-state index in [0.717, 1.165) is 0 Å². The standard InChI is InChI=1S/C10H12O6/c1-5(9(12)13)16-8-4-6(10(14)15)2-3-7(8)11/h2-3,6-8,11H,1,4H2,(H,12,13)(H,14,15)/t6?,7-,8-/m1/s1. The number of aliphatic carboxylic acids is 2. The van der Waals surface area contributed by atoms with Crippen LogP contribution in [0.1, 0.15) is 6.42 Å². The molecular formula is C10H12O6. The van der Waals surface area contributed by atoms with Crippen molar-refractivity contribution >= 4 is 11.9 Å². The molecule has 0 fully saturated rings. The minimum atomic E-state index is -1.34. The largest absolute Gasteiger partial charge is 0.481 e. The van der Waals surface area contributed by atoms with Crippen LogP contribution in [0.5, 0.6) is 0 Å². The average Bonchev–Trinajstić information content (AvgIpc) is 2.20. The molecule has 0 saturated heterocycles. The summed E-state index contributed by atoms with van der Waals surface area (Å²) in [6.07, 6.45) is 0.735. The topological polar surface area (TPSA) is 104 Å². The van der Waals surface area contributed by atoms with Crippen molar-refractivity contribution in [3.05, 3.63) is 24.5 Å². The minimum Gasteiger partial charge on any atom is -0.481 e. The number of carbonyl (C=O) groups is 2. The first-order valence-corrected chi connectivity index (χ1v) is 4.60. The Morgan fingerprint density at radius 3 is 2.44 bits per heavy atom. The van der Waals surface area contributed by atoms with Gasteiger partial charge in [-0.15, -0.1) is 0 Å². The van der Waals surface area contributed by atoms with Crippen LogP contribution in [0.25, 0.3) is 0 Å². The number of rotatable bonds is 4. The summed E-state index contributed by atoms with van der Waals surface area (Å²) in [6, 6.07) is 0. The smallest absolute Gasteiger partial charge is 0.370 e. The molecule has 88 valence electrons. The normalized spacial score (nSPS) is 28.4. The first-order chi connectivity index (χ1) is 7.41. The summed E-state index contributed by atoms with van der Waals surface area (Å²) in [5.74, 6) is -3.68. The Labute approximate surface area is 91.5 Å². The third-order valence-electron chi connectivity index (χ3n) is 2.26. The quantitative estimate of drug-likeness (QED) is 0.355. The molecule has 1 unspecified atom stereocenters. The summed E-state index contributed by atoms with van der Waals surface area (Å²) in [4.78, 5) is 21.2. The number of carboxylic acids is 2. The minimum absolute atomic E-state index is 0.0132. The van der Waals surface area contributed by atoms with Crippen molar-refractivity contribution in [3.63, 3.8) is 0 Å². The number of aliphatic hydroxyl groups excluding tert-OH is 1. The second kappa shape index (κ2) is 4.80. The number of aliphatic hydroxyl groups is 1. The molecule has 16 heavy (non-hydrogen) atoms.